The molecular formula is C31H36N2O3. The smallest absolute Gasteiger partial charge is 0.309 e. The van der Waals surface area contributed by atoms with Gasteiger partial charge in [0.15, 0.2) is 5.58 Å². The Morgan fingerprint density at radius 1 is 0.917 bits per heavy atom. The van der Waals surface area contributed by atoms with E-state index in [1.54, 1.807) is 0 Å². The van der Waals surface area contributed by atoms with Gasteiger partial charge in [0.2, 0.25) is 0 Å². The first-order valence-electron chi connectivity index (χ1n) is 12.8. The van der Waals surface area contributed by atoms with Crippen LogP contribution < -0.4 is 4.90 Å². The van der Waals surface area contributed by atoms with Crippen LogP contribution in [0.4, 0.5) is 6.01 Å². The number of hydrogen-bond acceptors (Lipinski definition) is 5. The zero-order valence-electron chi connectivity index (χ0n) is 21.5. The van der Waals surface area contributed by atoms with E-state index in [0.29, 0.717) is 6.01 Å². The summed E-state index contributed by atoms with van der Waals surface area (Å²) >= 11 is 0. The van der Waals surface area contributed by atoms with Gasteiger partial charge in [-0.15, -0.1) is 0 Å². The Morgan fingerprint density at radius 3 is 2.31 bits per heavy atom. The zero-order chi connectivity index (χ0) is 25.3. The number of aryl methyl sites for hydroxylation is 2. The van der Waals surface area contributed by atoms with Crippen molar-refractivity contribution in [2.45, 2.75) is 44.9 Å². The van der Waals surface area contributed by atoms with Crippen LogP contribution in [0, 0.1) is 5.92 Å². The van der Waals surface area contributed by atoms with E-state index < -0.39 is 0 Å². The van der Waals surface area contributed by atoms with Crippen molar-refractivity contribution < 1.29 is 13.9 Å². The van der Waals surface area contributed by atoms with Gasteiger partial charge in [0.1, 0.15) is 5.52 Å². The molecule has 0 bridgehead atoms. The minimum Gasteiger partial charge on any atom is -0.469 e. The molecule has 2 atom stereocenters. The van der Waals surface area contributed by atoms with Gasteiger partial charge in [0.25, 0.3) is 6.01 Å². The van der Waals surface area contributed by atoms with Crippen molar-refractivity contribution in [1.82, 2.24) is 4.98 Å². The molecule has 3 aromatic carbocycles. The number of methoxy groups -OCH3 is 1. The molecule has 0 N–H and O–H groups in total. The Hall–Kier alpha value is -3.60. The fourth-order valence-electron chi connectivity index (χ4n) is 4.75. The molecule has 1 heterocycles. The summed E-state index contributed by atoms with van der Waals surface area (Å²) in [5.74, 6) is -0.163. The third-order valence-corrected chi connectivity index (χ3v) is 7.00. The summed E-state index contributed by atoms with van der Waals surface area (Å²) in [6.07, 6.45) is 4.70. The molecule has 5 nitrogen and oxygen atoms in total. The molecule has 36 heavy (non-hydrogen) atoms. The van der Waals surface area contributed by atoms with Crippen molar-refractivity contribution in [1.29, 1.82) is 0 Å². The average molecular weight is 485 g/mol. The lowest BCUT2D eigenvalue weighted by atomic mass is 9.83. The lowest BCUT2D eigenvalue weighted by molar-refractivity contribution is -0.146. The molecule has 0 aliphatic carbocycles. The zero-order valence-corrected chi connectivity index (χ0v) is 21.5. The van der Waals surface area contributed by atoms with Gasteiger partial charge in [-0.2, -0.15) is 4.98 Å². The SMILES string of the molecule is COC(=O)C(CCCc1ccccc1)C(C)c1ccc(CCCN(C)c2nc3ccccc3o2)cc1. The van der Waals surface area contributed by atoms with E-state index in [9.17, 15) is 4.79 Å². The normalized spacial score (nSPS) is 12.9. The first-order chi connectivity index (χ1) is 17.5. The Balaban J connectivity index is 1.29. The van der Waals surface area contributed by atoms with E-state index >= 15 is 0 Å². The molecule has 0 radical (unpaired) electrons. The fraction of sp³-hybridized carbons (Fsp3) is 0.355. The summed E-state index contributed by atoms with van der Waals surface area (Å²) in [6, 6.07) is 27.6. The highest BCUT2D eigenvalue weighted by atomic mass is 16.5. The molecule has 0 saturated heterocycles. The second kappa shape index (κ2) is 12.4. The fourth-order valence-corrected chi connectivity index (χ4v) is 4.75. The number of oxazole rings is 1. The summed E-state index contributed by atoms with van der Waals surface area (Å²) in [6.45, 7) is 2.99. The average Bonchev–Trinajstić information content (AvgIpc) is 3.36. The molecule has 0 amide bonds. The van der Waals surface area contributed by atoms with Gasteiger partial charge in [-0.1, -0.05) is 73.7 Å². The molecule has 188 valence electrons. The predicted octanol–water partition coefficient (Wildman–Crippen LogP) is 6.81. The third-order valence-electron chi connectivity index (χ3n) is 7.00. The first-order valence-corrected chi connectivity index (χ1v) is 12.8. The summed E-state index contributed by atoms with van der Waals surface area (Å²) in [5.41, 5.74) is 5.47. The molecule has 0 aliphatic rings. The number of fused-ring (bicyclic) bond motifs is 1. The standard InChI is InChI=1S/C31H36N2O3/c1-23(27(30(34)35-3)15-9-13-24-11-5-4-6-12-24)26-20-18-25(19-21-26)14-10-22-33(2)31-32-28-16-7-8-17-29(28)36-31/h4-8,11-12,16-21,23,27H,9-10,13-15,22H2,1-3H3. The molecule has 2 unspecified atom stereocenters. The molecular weight excluding hydrogens is 448 g/mol. The number of carbonyl (C=O) groups is 1. The largest absolute Gasteiger partial charge is 0.469 e. The number of para-hydroxylation sites is 2. The second-order valence-electron chi connectivity index (χ2n) is 9.53. The number of rotatable bonds is 12. The van der Waals surface area contributed by atoms with Crippen molar-refractivity contribution in [3.05, 3.63) is 95.6 Å². The van der Waals surface area contributed by atoms with Crippen LogP contribution in [0.2, 0.25) is 0 Å². The molecule has 0 fully saturated rings. The van der Waals surface area contributed by atoms with E-state index in [4.69, 9.17) is 9.15 Å². The van der Waals surface area contributed by atoms with Gasteiger partial charge in [-0.3, -0.25) is 4.79 Å². The Morgan fingerprint density at radius 2 is 1.58 bits per heavy atom. The van der Waals surface area contributed by atoms with Crippen LogP contribution in [0.1, 0.15) is 48.8 Å². The molecule has 5 heteroatoms. The molecule has 0 spiro atoms. The van der Waals surface area contributed by atoms with Crippen LogP contribution in [0.5, 0.6) is 0 Å². The van der Waals surface area contributed by atoms with Crippen LogP contribution in [0.3, 0.4) is 0 Å². The van der Waals surface area contributed by atoms with E-state index in [2.05, 4.69) is 65.3 Å². The highest BCUT2D eigenvalue weighted by Crippen LogP contribution is 2.30. The lowest BCUT2D eigenvalue weighted by Gasteiger charge is -2.22. The van der Waals surface area contributed by atoms with Crippen molar-refractivity contribution in [2.24, 2.45) is 5.92 Å². The van der Waals surface area contributed by atoms with Crippen LogP contribution in [0.15, 0.2) is 83.3 Å². The molecule has 0 aliphatic heterocycles. The number of anilines is 1. The summed E-state index contributed by atoms with van der Waals surface area (Å²) in [5, 5.41) is 0. The number of aromatic nitrogens is 1. The predicted molar refractivity (Wildman–Crippen MR) is 145 cm³/mol. The number of nitrogens with zero attached hydrogens (tertiary/aromatic N) is 2. The maximum Gasteiger partial charge on any atom is 0.309 e. The topological polar surface area (TPSA) is 55.6 Å². The number of benzene rings is 3. The summed E-state index contributed by atoms with van der Waals surface area (Å²) < 4.78 is 11.0. The highest BCUT2D eigenvalue weighted by Gasteiger charge is 2.26. The first kappa shape index (κ1) is 25.5. The molecule has 4 rings (SSSR count). The van der Waals surface area contributed by atoms with Crippen molar-refractivity contribution >= 4 is 23.1 Å². The van der Waals surface area contributed by atoms with Gasteiger partial charge in [0, 0.05) is 13.6 Å². The summed E-state index contributed by atoms with van der Waals surface area (Å²) in [4.78, 5) is 19.2. The number of ether oxygens (including phenoxy) is 1. The number of esters is 1. The quantitative estimate of drug-likeness (QED) is 0.207. The van der Waals surface area contributed by atoms with Crippen molar-refractivity contribution in [3.63, 3.8) is 0 Å². The summed E-state index contributed by atoms with van der Waals surface area (Å²) in [7, 11) is 3.50. The third kappa shape index (κ3) is 6.54. The van der Waals surface area contributed by atoms with Crippen LogP contribution in [-0.4, -0.2) is 31.7 Å². The van der Waals surface area contributed by atoms with Crippen molar-refractivity contribution in [3.8, 4) is 0 Å². The minimum absolute atomic E-state index is 0.104. The Labute approximate surface area is 214 Å². The number of hydrogen-bond donors (Lipinski definition) is 0. The molecule has 4 aromatic rings. The molecule has 1 aromatic heterocycles. The van der Waals surface area contributed by atoms with Crippen LogP contribution in [-0.2, 0) is 22.4 Å². The Bertz CT molecular complexity index is 1200. The van der Waals surface area contributed by atoms with Gasteiger partial charge in [0.05, 0.1) is 13.0 Å². The second-order valence-corrected chi connectivity index (χ2v) is 9.53. The van der Waals surface area contributed by atoms with E-state index in [0.717, 1.165) is 49.7 Å². The van der Waals surface area contributed by atoms with Gasteiger partial charge >= 0.3 is 5.97 Å². The van der Waals surface area contributed by atoms with Gasteiger partial charge in [-0.05, 0) is 66.8 Å². The maximum absolute atomic E-state index is 12.6. The monoisotopic (exact) mass is 484 g/mol. The van der Waals surface area contributed by atoms with E-state index in [-0.39, 0.29) is 17.8 Å². The van der Waals surface area contributed by atoms with Crippen molar-refractivity contribution in [2.75, 3.05) is 25.6 Å². The van der Waals surface area contributed by atoms with Gasteiger partial charge < -0.3 is 14.1 Å². The van der Waals surface area contributed by atoms with Crippen LogP contribution >= 0.6 is 0 Å². The maximum atomic E-state index is 12.6. The lowest BCUT2D eigenvalue weighted by Crippen LogP contribution is -2.22. The number of carbonyl (C=O) groups excluding carboxylic acids is 1. The van der Waals surface area contributed by atoms with E-state index in [1.165, 1.54) is 23.8 Å². The minimum atomic E-state index is -0.144. The Kier molecular flexibility index (Phi) is 8.77. The van der Waals surface area contributed by atoms with Gasteiger partial charge in [-0.25, -0.2) is 0 Å². The molecule has 0 saturated carbocycles. The highest BCUT2D eigenvalue weighted by molar-refractivity contribution is 5.74. The van der Waals surface area contributed by atoms with Crippen LogP contribution in [0.25, 0.3) is 11.1 Å². The van der Waals surface area contributed by atoms with E-state index in [1.807, 2.05) is 37.4 Å².